The smallest absolute Gasteiger partial charge is 0.143 e. The summed E-state index contributed by atoms with van der Waals surface area (Å²) in [7, 11) is 0. The van der Waals surface area contributed by atoms with Crippen molar-refractivity contribution in [3.63, 3.8) is 0 Å². The molecule has 1 aromatic heterocycles. The van der Waals surface area contributed by atoms with E-state index in [9.17, 15) is 0 Å². The molecule has 0 aliphatic carbocycles. The van der Waals surface area contributed by atoms with Crippen LogP contribution < -0.4 is 4.74 Å². The Morgan fingerprint density at radius 2 is 2.27 bits per heavy atom. The van der Waals surface area contributed by atoms with Gasteiger partial charge in [0.2, 0.25) is 0 Å². The summed E-state index contributed by atoms with van der Waals surface area (Å²) >= 11 is 0. The van der Waals surface area contributed by atoms with Crippen molar-refractivity contribution in [2.24, 2.45) is 0 Å². The van der Waals surface area contributed by atoms with Crippen LogP contribution in [0.4, 0.5) is 0 Å². The highest BCUT2D eigenvalue weighted by atomic mass is 16.5. The number of para-hydroxylation sites is 1. The Labute approximate surface area is 88.3 Å². The lowest BCUT2D eigenvalue weighted by Crippen LogP contribution is -2.16. The fraction of sp³-hybridized carbons (Fsp3) is 0.250. The molecular formula is C12H12N2O. The van der Waals surface area contributed by atoms with E-state index in [0.717, 1.165) is 23.7 Å². The van der Waals surface area contributed by atoms with Gasteiger partial charge in [-0.05, 0) is 19.1 Å². The first-order chi connectivity index (χ1) is 7.34. The summed E-state index contributed by atoms with van der Waals surface area (Å²) < 4.78 is 7.97. The number of ether oxygens (including phenoxy) is 1. The van der Waals surface area contributed by atoms with Crippen LogP contribution >= 0.6 is 0 Å². The highest BCUT2D eigenvalue weighted by Gasteiger charge is 2.18. The van der Waals surface area contributed by atoms with E-state index in [0.29, 0.717) is 0 Å². The fourth-order valence-corrected chi connectivity index (χ4v) is 1.99. The number of hydrogen-bond acceptors (Lipinski definition) is 2. The molecule has 1 aliphatic rings. The van der Waals surface area contributed by atoms with E-state index in [-0.39, 0.29) is 6.10 Å². The number of fused-ring (bicyclic) bond motifs is 3. The molecule has 3 heteroatoms. The molecule has 0 saturated carbocycles. The van der Waals surface area contributed by atoms with Crippen LogP contribution in [0.3, 0.4) is 0 Å². The van der Waals surface area contributed by atoms with Crippen molar-refractivity contribution in [3.8, 4) is 17.1 Å². The Morgan fingerprint density at radius 1 is 1.40 bits per heavy atom. The zero-order chi connectivity index (χ0) is 10.3. The van der Waals surface area contributed by atoms with Gasteiger partial charge in [0.05, 0.1) is 12.1 Å². The third-order valence-electron chi connectivity index (χ3n) is 2.63. The molecule has 0 saturated heterocycles. The van der Waals surface area contributed by atoms with Crippen molar-refractivity contribution in [1.82, 2.24) is 9.55 Å². The van der Waals surface area contributed by atoms with Gasteiger partial charge in [-0.15, -0.1) is 0 Å². The van der Waals surface area contributed by atoms with Gasteiger partial charge in [-0.3, -0.25) is 0 Å². The van der Waals surface area contributed by atoms with Gasteiger partial charge in [-0.1, -0.05) is 12.1 Å². The maximum Gasteiger partial charge on any atom is 0.143 e. The quantitative estimate of drug-likeness (QED) is 0.652. The minimum absolute atomic E-state index is 0.182. The molecule has 0 radical (unpaired) electrons. The summed E-state index contributed by atoms with van der Waals surface area (Å²) in [4.78, 5) is 4.38. The lowest BCUT2D eigenvalue weighted by atomic mass is 10.2. The van der Waals surface area contributed by atoms with Gasteiger partial charge < -0.3 is 9.30 Å². The molecule has 1 aliphatic heterocycles. The summed E-state index contributed by atoms with van der Waals surface area (Å²) in [5.74, 6) is 1.92. The Bertz CT molecular complexity index is 490. The number of nitrogens with zero attached hydrogens (tertiary/aromatic N) is 2. The van der Waals surface area contributed by atoms with E-state index < -0.39 is 0 Å². The largest absolute Gasteiger partial charge is 0.488 e. The van der Waals surface area contributed by atoms with E-state index in [1.165, 1.54) is 0 Å². The Hall–Kier alpha value is -1.77. The average molecular weight is 200 g/mol. The number of aromatic nitrogens is 2. The van der Waals surface area contributed by atoms with Gasteiger partial charge in [0.15, 0.2) is 0 Å². The van der Waals surface area contributed by atoms with Crippen LogP contribution in [-0.4, -0.2) is 15.7 Å². The Kier molecular flexibility index (Phi) is 1.78. The molecule has 15 heavy (non-hydrogen) atoms. The van der Waals surface area contributed by atoms with Gasteiger partial charge in [0, 0.05) is 12.4 Å². The van der Waals surface area contributed by atoms with Crippen molar-refractivity contribution in [2.75, 3.05) is 0 Å². The van der Waals surface area contributed by atoms with E-state index in [1.807, 2.05) is 36.7 Å². The van der Waals surface area contributed by atoms with Crippen molar-refractivity contribution < 1.29 is 4.74 Å². The predicted molar refractivity (Wildman–Crippen MR) is 57.8 cm³/mol. The first-order valence-electron chi connectivity index (χ1n) is 5.12. The molecule has 1 aromatic carbocycles. The van der Waals surface area contributed by atoms with Crippen LogP contribution in [0, 0.1) is 0 Å². The predicted octanol–water partition coefficient (Wildman–Crippen LogP) is 2.33. The SMILES string of the molecule is CC1Cn2ccnc2-c2ccccc2O1. The number of imidazole rings is 1. The van der Waals surface area contributed by atoms with E-state index >= 15 is 0 Å². The average Bonchev–Trinajstić information content (AvgIpc) is 2.62. The number of rotatable bonds is 0. The Morgan fingerprint density at radius 3 is 3.20 bits per heavy atom. The minimum atomic E-state index is 0.182. The third kappa shape index (κ3) is 1.31. The first-order valence-corrected chi connectivity index (χ1v) is 5.12. The van der Waals surface area contributed by atoms with Crippen LogP contribution in [-0.2, 0) is 6.54 Å². The molecule has 0 N–H and O–H groups in total. The van der Waals surface area contributed by atoms with E-state index in [1.54, 1.807) is 0 Å². The molecule has 3 rings (SSSR count). The van der Waals surface area contributed by atoms with Crippen LogP contribution in [0.1, 0.15) is 6.92 Å². The second-order valence-electron chi connectivity index (χ2n) is 3.83. The first kappa shape index (κ1) is 8.53. The van der Waals surface area contributed by atoms with Gasteiger partial charge in [0.1, 0.15) is 17.7 Å². The number of benzene rings is 1. The normalized spacial score (nSPS) is 18.6. The second kappa shape index (κ2) is 3.12. The second-order valence-corrected chi connectivity index (χ2v) is 3.83. The molecule has 0 fully saturated rings. The standard InChI is InChI=1S/C12H12N2O/c1-9-8-14-7-6-13-12(14)10-4-2-3-5-11(10)15-9/h2-7,9H,8H2,1H3. The summed E-state index contributed by atoms with van der Waals surface area (Å²) in [5.41, 5.74) is 1.08. The monoisotopic (exact) mass is 200 g/mol. The molecule has 1 atom stereocenters. The maximum atomic E-state index is 5.84. The van der Waals surface area contributed by atoms with Gasteiger partial charge >= 0.3 is 0 Å². The highest BCUT2D eigenvalue weighted by Crippen LogP contribution is 2.31. The summed E-state index contributed by atoms with van der Waals surface area (Å²) in [5, 5.41) is 0. The Balaban J connectivity index is 2.25. The van der Waals surface area contributed by atoms with Crippen LogP contribution in [0.25, 0.3) is 11.4 Å². The molecular weight excluding hydrogens is 188 g/mol. The number of hydrogen-bond donors (Lipinski definition) is 0. The summed E-state index contributed by atoms with van der Waals surface area (Å²) in [6, 6.07) is 8.05. The zero-order valence-electron chi connectivity index (χ0n) is 8.55. The maximum absolute atomic E-state index is 5.84. The molecule has 0 amide bonds. The van der Waals surface area contributed by atoms with E-state index in [2.05, 4.69) is 16.5 Å². The van der Waals surface area contributed by atoms with Crippen molar-refractivity contribution in [3.05, 3.63) is 36.7 Å². The molecule has 2 aromatic rings. The minimum Gasteiger partial charge on any atom is -0.488 e. The molecule has 0 bridgehead atoms. The van der Waals surface area contributed by atoms with Gasteiger partial charge in [0.25, 0.3) is 0 Å². The lowest BCUT2D eigenvalue weighted by Gasteiger charge is -2.11. The lowest BCUT2D eigenvalue weighted by molar-refractivity contribution is 0.206. The molecule has 3 nitrogen and oxygen atoms in total. The fourth-order valence-electron chi connectivity index (χ4n) is 1.99. The molecule has 2 heterocycles. The van der Waals surface area contributed by atoms with Crippen LogP contribution in [0.5, 0.6) is 5.75 Å². The van der Waals surface area contributed by atoms with Crippen molar-refractivity contribution in [1.29, 1.82) is 0 Å². The van der Waals surface area contributed by atoms with Crippen LogP contribution in [0.15, 0.2) is 36.7 Å². The summed E-state index contributed by atoms with van der Waals surface area (Å²) in [6.45, 7) is 2.93. The summed E-state index contributed by atoms with van der Waals surface area (Å²) in [6.07, 6.45) is 4.02. The molecule has 76 valence electrons. The van der Waals surface area contributed by atoms with Gasteiger partial charge in [-0.25, -0.2) is 4.98 Å². The molecule has 0 spiro atoms. The molecule has 1 unspecified atom stereocenters. The van der Waals surface area contributed by atoms with E-state index in [4.69, 9.17) is 4.74 Å². The highest BCUT2D eigenvalue weighted by molar-refractivity contribution is 5.65. The van der Waals surface area contributed by atoms with Crippen molar-refractivity contribution >= 4 is 0 Å². The topological polar surface area (TPSA) is 27.1 Å². The van der Waals surface area contributed by atoms with Crippen molar-refractivity contribution in [2.45, 2.75) is 19.6 Å². The third-order valence-corrected chi connectivity index (χ3v) is 2.63. The zero-order valence-corrected chi connectivity index (χ0v) is 8.55. The van der Waals surface area contributed by atoms with Crippen LogP contribution in [0.2, 0.25) is 0 Å². The van der Waals surface area contributed by atoms with Gasteiger partial charge in [-0.2, -0.15) is 0 Å².